The first-order valence-electron chi connectivity index (χ1n) is 9.52. The Hall–Kier alpha value is -3.13. The lowest BCUT2D eigenvalue weighted by Crippen LogP contribution is -2.49. The zero-order valence-electron chi connectivity index (χ0n) is 15.0. The molecule has 5 heteroatoms. The maximum absolute atomic E-state index is 13.3. The number of amides is 1. The Morgan fingerprint density at radius 3 is 3.07 bits per heavy atom. The number of aryl methyl sites for hydroxylation is 1. The van der Waals surface area contributed by atoms with Crippen LogP contribution in [0.15, 0.2) is 42.7 Å². The average Bonchev–Trinajstić information content (AvgIpc) is 3.20. The molecule has 1 aliphatic carbocycles. The topological polar surface area (TPSA) is 72.8 Å². The lowest BCUT2D eigenvalue weighted by molar-refractivity contribution is 0.0546. The van der Waals surface area contributed by atoms with Crippen molar-refractivity contribution in [1.29, 1.82) is 5.26 Å². The highest BCUT2D eigenvalue weighted by Crippen LogP contribution is 2.42. The number of carbonyl (C=O) groups is 1. The number of nitriles is 1. The van der Waals surface area contributed by atoms with Crippen LogP contribution in [0.5, 0.6) is 0 Å². The zero-order chi connectivity index (χ0) is 18.4. The van der Waals surface area contributed by atoms with Crippen molar-refractivity contribution in [2.45, 2.75) is 37.6 Å². The molecule has 0 saturated carbocycles. The number of imidazole rings is 1. The molecule has 1 aliphatic heterocycles. The van der Waals surface area contributed by atoms with Gasteiger partial charge in [0.15, 0.2) is 0 Å². The van der Waals surface area contributed by atoms with E-state index in [1.165, 1.54) is 11.1 Å². The van der Waals surface area contributed by atoms with Crippen molar-refractivity contribution in [3.63, 3.8) is 0 Å². The van der Waals surface area contributed by atoms with Crippen LogP contribution in [0, 0.1) is 11.3 Å². The third-order valence-electron chi connectivity index (χ3n) is 6.10. The Kier molecular flexibility index (Phi) is 3.71. The molecule has 0 unspecified atom stereocenters. The van der Waals surface area contributed by atoms with Gasteiger partial charge in [-0.1, -0.05) is 12.1 Å². The molecule has 1 saturated heterocycles. The minimum absolute atomic E-state index is 0.0825. The molecule has 27 heavy (non-hydrogen) atoms. The van der Waals surface area contributed by atoms with Gasteiger partial charge in [0.05, 0.1) is 29.0 Å². The SMILES string of the molecule is N#Cc1cccc2c1[C@@H]1CCCN(C(=O)c3ccc4nc[nH]c4c3)[C@@H]1CC2. The van der Waals surface area contributed by atoms with E-state index in [0.717, 1.165) is 48.8 Å². The van der Waals surface area contributed by atoms with Crippen molar-refractivity contribution < 1.29 is 4.79 Å². The van der Waals surface area contributed by atoms with E-state index in [2.05, 4.69) is 22.1 Å². The van der Waals surface area contributed by atoms with E-state index in [-0.39, 0.29) is 17.9 Å². The molecule has 5 rings (SSSR count). The van der Waals surface area contributed by atoms with Crippen molar-refractivity contribution in [2.75, 3.05) is 6.54 Å². The minimum atomic E-state index is 0.0825. The van der Waals surface area contributed by atoms with Gasteiger partial charge in [-0.2, -0.15) is 5.26 Å². The number of nitrogens with zero attached hydrogens (tertiary/aromatic N) is 3. The largest absolute Gasteiger partial charge is 0.345 e. The second-order valence-electron chi connectivity index (χ2n) is 7.48. The van der Waals surface area contributed by atoms with Crippen molar-refractivity contribution in [2.24, 2.45) is 0 Å². The quantitative estimate of drug-likeness (QED) is 0.721. The Balaban J connectivity index is 1.51. The highest BCUT2D eigenvalue weighted by atomic mass is 16.2. The number of hydrogen-bond acceptors (Lipinski definition) is 3. The summed E-state index contributed by atoms with van der Waals surface area (Å²) in [5.74, 6) is 0.345. The summed E-state index contributed by atoms with van der Waals surface area (Å²) in [6.45, 7) is 0.783. The van der Waals surface area contributed by atoms with Crippen LogP contribution < -0.4 is 0 Å². The van der Waals surface area contributed by atoms with Gasteiger partial charge in [-0.15, -0.1) is 0 Å². The Bertz CT molecular complexity index is 1080. The molecular weight excluding hydrogens is 336 g/mol. The molecule has 5 nitrogen and oxygen atoms in total. The number of benzene rings is 2. The summed E-state index contributed by atoms with van der Waals surface area (Å²) in [5.41, 5.74) is 5.69. The number of fused-ring (bicyclic) bond motifs is 4. The predicted molar refractivity (Wildman–Crippen MR) is 102 cm³/mol. The molecule has 2 aromatic carbocycles. The number of likely N-dealkylation sites (tertiary alicyclic amines) is 1. The molecule has 2 atom stereocenters. The summed E-state index contributed by atoms with van der Waals surface area (Å²) in [6, 6.07) is 14.2. The average molecular weight is 356 g/mol. The second kappa shape index (κ2) is 6.24. The molecule has 2 heterocycles. The molecule has 1 aromatic heterocycles. The fourth-order valence-electron chi connectivity index (χ4n) is 4.91. The van der Waals surface area contributed by atoms with Crippen LogP contribution in [0.1, 0.15) is 52.2 Å². The third kappa shape index (κ3) is 2.52. The van der Waals surface area contributed by atoms with Crippen molar-refractivity contribution in [3.8, 4) is 6.07 Å². The minimum Gasteiger partial charge on any atom is -0.345 e. The first-order valence-corrected chi connectivity index (χ1v) is 9.52. The van der Waals surface area contributed by atoms with Gasteiger partial charge in [0, 0.05) is 24.1 Å². The maximum atomic E-state index is 13.3. The number of aromatic nitrogens is 2. The first kappa shape index (κ1) is 16.1. The van der Waals surface area contributed by atoms with Crippen LogP contribution in [-0.4, -0.2) is 33.4 Å². The van der Waals surface area contributed by atoms with E-state index in [9.17, 15) is 10.1 Å². The van der Waals surface area contributed by atoms with Gasteiger partial charge in [-0.25, -0.2) is 4.98 Å². The number of piperidine rings is 1. The van der Waals surface area contributed by atoms with Gasteiger partial charge < -0.3 is 9.88 Å². The number of rotatable bonds is 1. The standard InChI is InChI=1S/C22H20N4O/c23-12-16-4-1-3-14-7-9-20-17(21(14)16)5-2-10-26(20)22(27)15-6-8-18-19(11-15)25-13-24-18/h1,3-4,6,8,11,13,17,20H,2,5,7,9-10H2,(H,24,25)/t17-,20-/m1/s1. The molecule has 1 fully saturated rings. The smallest absolute Gasteiger partial charge is 0.254 e. The van der Waals surface area contributed by atoms with Crippen molar-refractivity contribution >= 4 is 16.9 Å². The van der Waals surface area contributed by atoms with Crippen LogP contribution in [0.3, 0.4) is 0 Å². The molecule has 1 amide bonds. The van der Waals surface area contributed by atoms with Gasteiger partial charge in [-0.05, 0) is 61.1 Å². The summed E-state index contributed by atoms with van der Waals surface area (Å²) in [4.78, 5) is 22.7. The number of H-pyrrole nitrogens is 1. The molecule has 134 valence electrons. The van der Waals surface area contributed by atoms with E-state index in [0.29, 0.717) is 5.56 Å². The van der Waals surface area contributed by atoms with Gasteiger partial charge >= 0.3 is 0 Å². The highest BCUT2D eigenvalue weighted by molar-refractivity contribution is 5.97. The lowest BCUT2D eigenvalue weighted by Gasteiger charge is -2.45. The molecule has 3 aromatic rings. The molecule has 0 bridgehead atoms. The van der Waals surface area contributed by atoms with Crippen molar-refractivity contribution in [3.05, 3.63) is 65.0 Å². The van der Waals surface area contributed by atoms with Crippen molar-refractivity contribution in [1.82, 2.24) is 14.9 Å². The Morgan fingerprint density at radius 1 is 1.26 bits per heavy atom. The normalized spacial score (nSPS) is 21.4. The summed E-state index contributed by atoms with van der Waals surface area (Å²) in [5, 5.41) is 9.58. The van der Waals surface area contributed by atoms with Crippen LogP contribution in [0.2, 0.25) is 0 Å². The van der Waals surface area contributed by atoms with Gasteiger partial charge in [-0.3, -0.25) is 4.79 Å². The number of carbonyl (C=O) groups excluding carboxylic acids is 1. The fraction of sp³-hybridized carbons (Fsp3) is 0.318. The van der Waals surface area contributed by atoms with E-state index < -0.39 is 0 Å². The predicted octanol–water partition coefficient (Wildman–Crippen LogP) is 3.77. The van der Waals surface area contributed by atoms with Crippen LogP contribution in [-0.2, 0) is 6.42 Å². The maximum Gasteiger partial charge on any atom is 0.254 e. The molecule has 0 radical (unpaired) electrons. The Morgan fingerprint density at radius 2 is 2.19 bits per heavy atom. The van der Waals surface area contributed by atoms with E-state index in [1.54, 1.807) is 6.33 Å². The number of aromatic amines is 1. The number of nitrogens with one attached hydrogen (secondary N) is 1. The monoisotopic (exact) mass is 356 g/mol. The van der Waals surface area contributed by atoms with Crippen LogP contribution >= 0.6 is 0 Å². The van der Waals surface area contributed by atoms with E-state index in [4.69, 9.17) is 0 Å². The highest BCUT2D eigenvalue weighted by Gasteiger charge is 2.39. The summed E-state index contributed by atoms with van der Waals surface area (Å²) >= 11 is 0. The van der Waals surface area contributed by atoms with Crippen LogP contribution in [0.25, 0.3) is 11.0 Å². The molecular formula is C22H20N4O. The summed E-state index contributed by atoms with van der Waals surface area (Å²) in [7, 11) is 0. The first-order chi connectivity index (χ1) is 13.3. The second-order valence-corrected chi connectivity index (χ2v) is 7.48. The zero-order valence-corrected chi connectivity index (χ0v) is 15.0. The fourth-order valence-corrected chi connectivity index (χ4v) is 4.91. The Labute approximate surface area is 157 Å². The third-order valence-corrected chi connectivity index (χ3v) is 6.10. The van der Waals surface area contributed by atoms with Gasteiger partial charge in [0.1, 0.15) is 0 Å². The van der Waals surface area contributed by atoms with Crippen LogP contribution in [0.4, 0.5) is 0 Å². The lowest BCUT2D eigenvalue weighted by atomic mass is 9.72. The van der Waals surface area contributed by atoms with E-state index in [1.807, 2.05) is 35.2 Å². The van der Waals surface area contributed by atoms with E-state index >= 15 is 0 Å². The molecule has 0 spiro atoms. The van der Waals surface area contributed by atoms with Gasteiger partial charge in [0.2, 0.25) is 0 Å². The summed E-state index contributed by atoms with van der Waals surface area (Å²) < 4.78 is 0. The van der Waals surface area contributed by atoms with Gasteiger partial charge in [0.25, 0.3) is 5.91 Å². The summed E-state index contributed by atoms with van der Waals surface area (Å²) in [6.07, 6.45) is 5.55. The molecule has 1 N–H and O–H groups in total. The number of hydrogen-bond donors (Lipinski definition) is 1. The molecule has 2 aliphatic rings.